The molecular weight excluding hydrogens is 518 g/mol. The van der Waals surface area contributed by atoms with E-state index in [0.717, 1.165) is 5.56 Å². The number of ether oxygens (including phenoxy) is 3. The number of methoxy groups -OCH3 is 2. The van der Waals surface area contributed by atoms with Crippen molar-refractivity contribution in [3.63, 3.8) is 0 Å². The number of carbonyl (C=O) groups is 1. The summed E-state index contributed by atoms with van der Waals surface area (Å²) < 4.78 is 94.6. The lowest BCUT2D eigenvalue weighted by molar-refractivity contribution is -0.143. The molecule has 3 aromatic rings. The van der Waals surface area contributed by atoms with Gasteiger partial charge in [-0.2, -0.15) is 31.3 Å². The molecule has 38 heavy (non-hydrogen) atoms. The zero-order valence-corrected chi connectivity index (χ0v) is 20.3. The molecule has 1 unspecified atom stereocenters. The van der Waals surface area contributed by atoms with Gasteiger partial charge in [-0.3, -0.25) is 4.79 Å². The Labute approximate surface area is 214 Å². The van der Waals surface area contributed by atoms with Crippen molar-refractivity contribution >= 4 is 5.91 Å². The Kier molecular flexibility index (Phi) is 9.21. The van der Waals surface area contributed by atoms with E-state index in [0.29, 0.717) is 12.1 Å². The summed E-state index contributed by atoms with van der Waals surface area (Å²) in [7, 11) is 2.76. The number of aromatic nitrogens is 1. The normalized spacial score (nSPS) is 12.6. The van der Waals surface area contributed by atoms with E-state index < -0.39 is 41.9 Å². The molecule has 0 aliphatic carbocycles. The molecule has 0 aliphatic rings. The number of amides is 1. The standard InChI is InChI=1S/C26H24F6N2O4/c1-36-22-9-8-21(24(34-22)37-2)23(35)33-13-18(17-6-4-3-5-7-17)15-38-14-16-10-19(25(27,28)29)12-20(11-16)26(30,31)32/h3-12,18H,13-15H2,1-2H3,(H,33,35). The first-order chi connectivity index (χ1) is 17.9. The van der Waals surface area contributed by atoms with Crippen molar-refractivity contribution in [2.24, 2.45) is 0 Å². The summed E-state index contributed by atoms with van der Waals surface area (Å²) in [5.74, 6) is -0.688. The van der Waals surface area contributed by atoms with Gasteiger partial charge in [-0.05, 0) is 35.4 Å². The molecule has 0 radical (unpaired) electrons. The minimum atomic E-state index is -4.95. The predicted octanol–water partition coefficient (Wildman–Crippen LogP) is 5.87. The number of hydrogen-bond donors (Lipinski definition) is 1. The molecular formula is C26H24F6N2O4. The van der Waals surface area contributed by atoms with Crippen LogP contribution >= 0.6 is 0 Å². The molecule has 12 heteroatoms. The number of halogens is 6. The summed E-state index contributed by atoms with van der Waals surface area (Å²) in [4.78, 5) is 16.8. The van der Waals surface area contributed by atoms with Crippen LogP contribution in [0.1, 0.15) is 38.5 Å². The predicted molar refractivity (Wildman–Crippen MR) is 125 cm³/mol. The van der Waals surface area contributed by atoms with Gasteiger partial charge in [0.25, 0.3) is 5.91 Å². The van der Waals surface area contributed by atoms with Crippen molar-refractivity contribution in [1.29, 1.82) is 0 Å². The lowest BCUT2D eigenvalue weighted by atomic mass is 9.99. The topological polar surface area (TPSA) is 69.7 Å². The average Bonchev–Trinajstić information content (AvgIpc) is 2.89. The van der Waals surface area contributed by atoms with Gasteiger partial charge >= 0.3 is 12.4 Å². The molecule has 1 amide bonds. The third-order valence-corrected chi connectivity index (χ3v) is 5.50. The van der Waals surface area contributed by atoms with Gasteiger partial charge in [-0.25, -0.2) is 0 Å². The largest absolute Gasteiger partial charge is 0.481 e. The quantitative estimate of drug-likeness (QED) is 0.325. The minimum Gasteiger partial charge on any atom is -0.481 e. The Morgan fingerprint density at radius 2 is 1.53 bits per heavy atom. The first-order valence-corrected chi connectivity index (χ1v) is 11.2. The van der Waals surface area contributed by atoms with Gasteiger partial charge in [0.2, 0.25) is 11.8 Å². The summed E-state index contributed by atoms with van der Waals surface area (Å²) in [5.41, 5.74) is -2.23. The van der Waals surface area contributed by atoms with Crippen LogP contribution in [0.15, 0.2) is 60.7 Å². The molecule has 1 aromatic heterocycles. The monoisotopic (exact) mass is 542 g/mol. The highest BCUT2D eigenvalue weighted by Crippen LogP contribution is 2.36. The second kappa shape index (κ2) is 12.2. The van der Waals surface area contributed by atoms with Crippen LogP contribution in [0.5, 0.6) is 11.8 Å². The number of nitrogens with one attached hydrogen (secondary N) is 1. The fourth-order valence-corrected chi connectivity index (χ4v) is 3.60. The van der Waals surface area contributed by atoms with E-state index in [1.54, 1.807) is 30.3 Å². The van der Waals surface area contributed by atoms with Gasteiger partial charge in [-0.15, -0.1) is 0 Å². The third kappa shape index (κ3) is 7.60. The van der Waals surface area contributed by atoms with Crippen molar-refractivity contribution < 1.29 is 45.3 Å². The second-order valence-corrected chi connectivity index (χ2v) is 8.16. The summed E-state index contributed by atoms with van der Waals surface area (Å²) in [6.07, 6.45) is -9.91. The molecule has 204 valence electrons. The van der Waals surface area contributed by atoms with Crippen LogP contribution in [-0.2, 0) is 23.7 Å². The van der Waals surface area contributed by atoms with Gasteiger partial charge in [-0.1, -0.05) is 30.3 Å². The molecule has 2 aromatic carbocycles. The van der Waals surface area contributed by atoms with Crippen molar-refractivity contribution in [1.82, 2.24) is 10.3 Å². The summed E-state index contributed by atoms with van der Waals surface area (Å²) in [6.45, 7) is -0.547. The highest BCUT2D eigenvalue weighted by atomic mass is 19.4. The highest BCUT2D eigenvalue weighted by Gasteiger charge is 2.36. The molecule has 0 saturated heterocycles. The molecule has 6 nitrogen and oxygen atoms in total. The van der Waals surface area contributed by atoms with E-state index in [1.165, 1.54) is 26.4 Å². The van der Waals surface area contributed by atoms with Gasteiger partial charge < -0.3 is 19.5 Å². The molecule has 1 atom stereocenters. The molecule has 0 spiro atoms. The fraction of sp³-hybridized carbons (Fsp3) is 0.308. The number of hydrogen-bond acceptors (Lipinski definition) is 5. The zero-order chi connectivity index (χ0) is 27.9. The SMILES string of the molecule is COc1ccc(C(=O)NCC(COCc2cc(C(F)(F)F)cc(C(F)(F)F)c2)c2ccccc2)c(OC)n1. The van der Waals surface area contributed by atoms with Crippen molar-refractivity contribution in [2.45, 2.75) is 24.9 Å². The maximum atomic E-state index is 13.2. The van der Waals surface area contributed by atoms with Gasteiger partial charge in [0.05, 0.1) is 38.6 Å². The van der Waals surface area contributed by atoms with Crippen LogP contribution in [0.4, 0.5) is 26.3 Å². The highest BCUT2D eigenvalue weighted by molar-refractivity contribution is 5.96. The molecule has 3 rings (SSSR count). The zero-order valence-electron chi connectivity index (χ0n) is 20.3. The summed E-state index contributed by atoms with van der Waals surface area (Å²) >= 11 is 0. The Balaban J connectivity index is 1.74. The molecule has 0 aliphatic heterocycles. The van der Waals surface area contributed by atoms with Gasteiger partial charge in [0.15, 0.2) is 0 Å². The third-order valence-electron chi connectivity index (χ3n) is 5.50. The smallest absolute Gasteiger partial charge is 0.416 e. The van der Waals surface area contributed by atoms with Crippen molar-refractivity contribution in [3.05, 3.63) is 88.5 Å². The number of benzene rings is 2. The van der Waals surface area contributed by atoms with Crippen LogP contribution in [0, 0.1) is 0 Å². The number of carbonyl (C=O) groups excluding carboxylic acids is 1. The molecule has 1 heterocycles. The lowest BCUT2D eigenvalue weighted by Crippen LogP contribution is -2.30. The van der Waals surface area contributed by atoms with Crippen LogP contribution < -0.4 is 14.8 Å². The number of alkyl halides is 6. The summed E-state index contributed by atoms with van der Waals surface area (Å²) in [5, 5.41) is 2.74. The van der Waals surface area contributed by atoms with Crippen molar-refractivity contribution in [2.75, 3.05) is 27.4 Å². The first-order valence-electron chi connectivity index (χ1n) is 11.2. The van der Waals surface area contributed by atoms with Crippen LogP contribution in [-0.4, -0.2) is 38.3 Å². The fourth-order valence-electron chi connectivity index (χ4n) is 3.60. The Hall–Kier alpha value is -3.80. The van der Waals surface area contributed by atoms with E-state index in [2.05, 4.69) is 10.3 Å². The Morgan fingerprint density at radius 3 is 2.08 bits per heavy atom. The molecule has 0 bridgehead atoms. The average molecular weight is 542 g/mol. The number of nitrogens with zero attached hydrogens (tertiary/aromatic N) is 1. The summed E-state index contributed by atoms with van der Waals surface area (Å²) in [6, 6.07) is 13.1. The van der Waals surface area contributed by atoms with Crippen LogP contribution in [0.3, 0.4) is 0 Å². The van der Waals surface area contributed by atoms with Crippen LogP contribution in [0.25, 0.3) is 0 Å². The van der Waals surface area contributed by atoms with Gasteiger partial charge in [0.1, 0.15) is 5.56 Å². The second-order valence-electron chi connectivity index (χ2n) is 8.16. The van der Waals surface area contributed by atoms with Crippen LogP contribution in [0.2, 0.25) is 0 Å². The van der Waals surface area contributed by atoms with E-state index in [1.807, 2.05) is 0 Å². The Morgan fingerprint density at radius 1 is 0.895 bits per heavy atom. The Bertz CT molecular complexity index is 1200. The number of pyridine rings is 1. The maximum Gasteiger partial charge on any atom is 0.416 e. The first kappa shape index (κ1) is 28.8. The molecule has 0 saturated carbocycles. The molecule has 0 fully saturated rings. The number of rotatable bonds is 10. The lowest BCUT2D eigenvalue weighted by Gasteiger charge is -2.19. The van der Waals surface area contributed by atoms with Crippen molar-refractivity contribution in [3.8, 4) is 11.8 Å². The van der Waals surface area contributed by atoms with E-state index in [9.17, 15) is 31.1 Å². The van der Waals surface area contributed by atoms with E-state index in [4.69, 9.17) is 14.2 Å². The molecule has 1 N–H and O–H groups in total. The maximum absolute atomic E-state index is 13.2. The van der Waals surface area contributed by atoms with E-state index >= 15 is 0 Å². The van der Waals surface area contributed by atoms with Gasteiger partial charge in [0, 0.05) is 18.5 Å². The van der Waals surface area contributed by atoms with E-state index in [-0.39, 0.29) is 42.1 Å². The minimum absolute atomic E-state index is 0.0411.